The second-order valence-corrected chi connectivity index (χ2v) is 20.3. The smallest absolute Gasteiger partial charge is 0.503 e. The molecule has 1 aliphatic rings. The number of aromatic nitrogens is 2. The number of para-hydroxylation sites is 2. The molecule has 350 valence electrons. The van der Waals surface area contributed by atoms with E-state index in [0.29, 0.717) is 11.5 Å². The van der Waals surface area contributed by atoms with Crippen LogP contribution in [0.4, 0.5) is 17.1 Å². The van der Waals surface area contributed by atoms with Gasteiger partial charge in [0.05, 0.1) is 11.1 Å². The van der Waals surface area contributed by atoms with Gasteiger partial charge in [0.25, 0.3) is 0 Å². The van der Waals surface area contributed by atoms with Gasteiger partial charge in [-0.05, 0) is 120 Å². The Morgan fingerprint density at radius 3 is 1.69 bits per heavy atom. The van der Waals surface area contributed by atoms with Gasteiger partial charge in [0, 0.05) is 52.1 Å². The Labute approximate surface area is 428 Å². The first-order chi connectivity index (χ1) is 33.2. The number of anilines is 3. The van der Waals surface area contributed by atoms with E-state index in [2.05, 4.69) is 201 Å². The summed E-state index contributed by atoms with van der Waals surface area (Å²) in [5, 5.41) is 0. The number of nitrogens with zero attached hydrogens (tertiary/aromatic N) is 3. The average Bonchev–Trinajstić information content (AvgIpc) is 3.33. The average molecular weight is 1100 g/mol. The third-order valence-corrected chi connectivity index (χ3v) is 13.3. The summed E-state index contributed by atoms with van der Waals surface area (Å²) in [7, 11) is 0. The number of aryl methyl sites for hydroxylation is 3. The van der Waals surface area contributed by atoms with E-state index in [4.69, 9.17) is 19.4 Å². The predicted octanol–water partition coefficient (Wildman–Crippen LogP) is 16.7. The topological polar surface area (TPSA) is 47.5 Å². The van der Waals surface area contributed by atoms with Gasteiger partial charge in [-0.2, -0.15) is 12.1 Å². The summed E-state index contributed by atoms with van der Waals surface area (Å²) in [5.41, 5.74) is 15.9. The quantitative estimate of drug-likeness (QED) is 0.135. The SMILES string of the molecule is Cc1cc(C)c(-c2cc(Oc3[c-]c(C4(c5ccccn5)c5ccccc5Oc5ccccc54)ccc3)[c-]c(-c3cc(N(c4ccc(C(C)(C)C)cc4)c4ccc(C(C)(C)C)cc4)ccn3)c2)c(C)c1.[Pt+2]. The van der Waals surface area contributed by atoms with E-state index in [1.54, 1.807) is 0 Å². The van der Waals surface area contributed by atoms with Crippen LogP contribution >= 0.6 is 0 Å². The Morgan fingerprint density at radius 2 is 1.11 bits per heavy atom. The molecule has 0 saturated heterocycles. The summed E-state index contributed by atoms with van der Waals surface area (Å²) in [6.07, 6.45) is 3.74. The third kappa shape index (κ3) is 9.12. The summed E-state index contributed by atoms with van der Waals surface area (Å²) >= 11 is 0. The van der Waals surface area contributed by atoms with Gasteiger partial charge >= 0.3 is 21.1 Å². The molecular formula is C64H57N3O2Pt. The van der Waals surface area contributed by atoms with E-state index in [9.17, 15) is 0 Å². The molecule has 3 heterocycles. The van der Waals surface area contributed by atoms with Crippen LogP contribution in [0.5, 0.6) is 23.0 Å². The zero-order valence-electron chi connectivity index (χ0n) is 41.3. The van der Waals surface area contributed by atoms with Gasteiger partial charge < -0.3 is 19.4 Å². The van der Waals surface area contributed by atoms with E-state index in [1.807, 2.05) is 60.9 Å². The third-order valence-electron chi connectivity index (χ3n) is 13.3. The monoisotopic (exact) mass is 1090 g/mol. The normalized spacial score (nSPS) is 12.8. The maximum Gasteiger partial charge on any atom is 2.00 e. The van der Waals surface area contributed by atoms with Crippen LogP contribution < -0.4 is 14.4 Å². The molecule has 0 radical (unpaired) electrons. The number of ether oxygens (including phenoxy) is 2. The first-order valence-electron chi connectivity index (χ1n) is 23.8. The minimum Gasteiger partial charge on any atom is -0.503 e. The molecule has 10 rings (SSSR count). The number of fused-ring (bicyclic) bond motifs is 2. The Hall–Kier alpha value is -7.07. The molecule has 0 bridgehead atoms. The molecule has 2 aromatic heterocycles. The summed E-state index contributed by atoms with van der Waals surface area (Å²) in [5.74, 6) is 2.64. The van der Waals surface area contributed by atoms with E-state index in [0.717, 1.165) is 73.3 Å². The van der Waals surface area contributed by atoms with E-state index in [-0.39, 0.29) is 31.9 Å². The fourth-order valence-corrected chi connectivity index (χ4v) is 10.0. The van der Waals surface area contributed by atoms with Crippen molar-refractivity contribution >= 4 is 17.1 Å². The number of hydrogen-bond donors (Lipinski definition) is 0. The standard InChI is InChI=1S/C64H57N3O2.Pt/c1-42-35-43(2)61(44(3)36-42)46-37-45(57-41-52(32-34-65-57)67(50-28-24-47(25-29-50)62(4,5)6)51-30-26-48(27-31-51)63(7,8)9)38-54(39-46)68-53-18-16-17-49(40-53)64(60-23-14-15-33-66-60)55-19-10-12-21-58(55)69-59-22-13-11-20-56(59)64;/h10-37,39,41H,1-9H3;/q-2;+2. The van der Waals surface area contributed by atoms with Crippen molar-refractivity contribution in [1.82, 2.24) is 9.97 Å². The second-order valence-electron chi connectivity index (χ2n) is 20.3. The van der Waals surface area contributed by atoms with Crippen molar-refractivity contribution in [2.24, 2.45) is 0 Å². The Morgan fingerprint density at radius 1 is 0.529 bits per heavy atom. The fourth-order valence-electron chi connectivity index (χ4n) is 10.0. The van der Waals surface area contributed by atoms with Crippen LogP contribution in [0.15, 0.2) is 182 Å². The van der Waals surface area contributed by atoms with Gasteiger partial charge in [-0.25, -0.2) is 0 Å². The van der Waals surface area contributed by atoms with Crippen molar-refractivity contribution in [2.75, 3.05) is 4.90 Å². The zero-order chi connectivity index (χ0) is 48.1. The van der Waals surface area contributed by atoms with E-state index < -0.39 is 5.41 Å². The van der Waals surface area contributed by atoms with E-state index >= 15 is 0 Å². The minimum atomic E-state index is -0.852. The number of benzene rings is 7. The molecule has 0 N–H and O–H groups in total. The van der Waals surface area contributed by atoms with Crippen LogP contribution in [0.2, 0.25) is 0 Å². The molecule has 5 nitrogen and oxygen atoms in total. The molecule has 9 aromatic rings. The van der Waals surface area contributed by atoms with Crippen molar-refractivity contribution in [3.05, 3.63) is 245 Å². The van der Waals surface area contributed by atoms with Crippen LogP contribution in [-0.2, 0) is 37.3 Å². The zero-order valence-corrected chi connectivity index (χ0v) is 43.6. The van der Waals surface area contributed by atoms with Crippen molar-refractivity contribution < 1.29 is 30.5 Å². The molecular weight excluding hydrogens is 1040 g/mol. The summed E-state index contributed by atoms with van der Waals surface area (Å²) in [4.78, 5) is 12.4. The van der Waals surface area contributed by atoms with E-state index in [1.165, 1.54) is 27.8 Å². The Balaban J connectivity index is 0.00000608. The van der Waals surface area contributed by atoms with Crippen LogP contribution in [0.3, 0.4) is 0 Å². The molecule has 0 saturated carbocycles. The van der Waals surface area contributed by atoms with Crippen molar-refractivity contribution in [1.29, 1.82) is 0 Å². The van der Waals surface area contributed by atoms with Gasteiger partial charge in [-0.1, -0.05) is 150 Å². The van der Waals surface area contributed by atoms with Gasteiger partial charge in [-0.15, -0.1) is 29.3 Å². The molecule has 0 fully saturated rings. The first kappa shape index (κ1) is 48.0. The fraction of sp³-hybridized carbons (Fsp3) is 0.188. The number of pyridine rings is 2. The van der Waals surface area contributed by atoms with Crippen molar-refractivity contribution in [3.8, 4) is 45.4 Å². The molecule has 1 aliphatic heterocycles. The van der Waals surface area contributed by atoms with Crippen LogP contribution in [0.1, 0.15) is 91.7 Å². The molecule has 7 aromatic carbocycles. The molecule has 0 atom stereocenters. The molecule has 0 aliphatic carbocycles. The predicted molar refractivity (Wildman–Crippen MR) is 282 cm³/mol. The second kappa shape index (κ2) is 19.0. The maximum atomic E-state index is 6.99. The van der Waals surface area contributed by atoms with Gasteiger partial charge in [-0.3, -0.25) is 4.98 Å². The molecule has 6 heteroatoms. The molecule has 0 amide bonds. The number of hydrogen-bond acceptors (Lipinski definition) is 5. The molecule has 0 unspecified atom stereocenters. The maximum absolute atomic E-state index is 6.99. The first-order valence-corrected chi connectivity index (χ1v) is 23.8. The van der Waals surface area contributed by atoms with Crippen LogP contribution in [-0.4, -0.2) is 9.97 Å². The van der Waals surface area contributed by atoms with Gasteiger partial charge in [0.15, 0.2) is 0 Å². The van der Waals surface area contributed by atoms with Crippen molar-refractivity contribution in [2.45, 2.75) is 78.6 Å². The number of rotatable bonds is 9. The van der Waals surface area contributed by atoms with Gasteiger partial charge in [0.2, 0.25) is 0 Å². The summed E-state index contributed by atoms with van der Waals surface area (Å²) in [6.45, 7) is 20.0. The summed E-state index contributed by atoms with van der Waals surface area (Å²) in [6, 6.07) is 66.9. The largest absolute Gasteiger partial charge is 2.00 e. The minimum absolute atomic E-state index is 0. The Kier molecular flexibility index (Phi) is 13.0. The van der Waals surface area contributed by atoms with Gasteiger partial charge in [0.1, 0.15) is 11.5 Å². The molecule has 70 heavy (non-hydrogen) atoms. The van der Waals surface area contributed by atoms with Crippen LogP contribution in [0.25, 0.3) is 22.4 Å². The van der Waals surface area contributed by atoms with Crippen molar-refractivity contribution in [3.63, 3.8) is 0 Å². The summed E-state index contributed by atoms with van der Waals surface area (Å²) < 4.78 is 13.5. The van der Waals surface area contributed by atoms with Crippen LogP contribution in [0, 0.1) is 32.9 Å². The Bertz CT molecular complexity index is 3210. The molecule has 0 spiro atoms.